The van der Waals surface area contributed by atoms with Crippen LogP contribution in [0.5, 0.6) is 0 Å². The van der Waals surface area contributed by atoms with E-state index in [0.717, 1.165) is 47.6 Å². The molecule has 0 spiro atoms. The number of aryl methyl sites for hydroxylation is 2. The smallest absolute Gasteiger partial charge is 0.338 e. The van der Waals surface area contributed by atoms with Crippen LogP contribution in [0.25, 0.3) is 10.9 Å². The van der Waals surface area contributed by atoms with Gasteiger partial charge >= 0.3 is 5.97 Å². The zero-order chi connectivity index (χ0) is 19.0. The maximum atomic E-state index is 12.5. The number of nitrogens with one attached hydrogen (secondary N) is 1. The number of nitrogens with zero attached hydrogens (tertiary/aromatic N) is 1. The lowest BCUT2D eigenvalue weighted by atomic mass is 9.75. The molecule has 0 radical (unpaired) electrons. The first-order valence-electron chi connectivity index (χ1n) is 10.1. The molecule has 1 aliphatic carbocycles. The van der Waals surface area contributed by atoms with E-state index in [-0.39, 0.29) is 12.5 Å². The number of fused-ring (bicyclic) bond motifs is 2. The second-order valence-electron chi connectivity index (χ2n) is 8.14. The summed E-state index contributed by atoms with van der Waals surface area (Å²) in [5.74, 6) is 0.915. The summed E-state index contributed by atoms with van der Waals surface area (Å²) in [6.07, 6.45) is 6.23. The van der Waals surface area contributed by atoms with Crippen molar-refractivity contribution < 1.29 is 14.3 Å². The molecule has 1 amide bonds. The molecule has 4 rings (SSSR count). The van der Waals surface area contributed by atoms with Crippen LogP contribution in [-0.2, 0) is 9.53 Å². The zero-order valence-electron chi connectivity index (χ0n) is 16.2. The summed E-state index contributed by atoms with van der Waals surface area (Å²) in [6, 6.07) is 5.48. The Balaban J connectivity index is 1.36. The average Bonchev–Trinajstić information content (AvgIpc) is 2.98. The van der Waals surface area contributed by atoms with E-state index in [0.29, 0.717) is 11.5 Å². The number of likely N-dealkylation sites (tertiary alicyclic amines) is 1. The van der Waals surface area contributed by atoms with Gasteiger partial charge in [-0.2, -0.15) is 0 Å². The van der Waals surface area contributed by atoms with Gasteiger partial charge in [0.05, 0.1) is 5.56 Å². The Labute approximate surface area is 160 Å². The standard InChI is InChI=1S/C22H28N2O3/c1-14-15(2)23-20-8-7-17(11-19(14)20)22(26)27-13-21(25)24-10-9-16-5-3-4-6-18(16)12-24/h7-8,11,16,18,23H,3-6,9-10,12-13H2,1-2H3/t16-,18+/m0/s1. The third-order valence-corrected chi connectivity index (χ3v) is 6.51. The monoisotopic (exact) mass is 368 g/mol. The molecule has 2 heterocycles. The predicted molar refractivity (Wildman–Crippen MR) is 105 cm³/mol. The fourth-order valence-electron chi connectivity index (χ4n) is 4.72. The van der Waals surface area contributed by atoms with E-state index in [4.69, 9.17) is 4.74 Å². The van der Waals surface area contributed by atoms with Crippen LogP contribution < -0.4 is 0 Å². The van der Waals surface area contributed by atoms with Crippen molar-refractivity contribution in [2.45, 2.75) is 46.0 Å². The van der Waals surface area contributed by atoms with E-state index in [1.165, 1.54) is 25.7 Å². The minimum Gasteiger partial charge on any atom is -0.452 e. The second-order valence-corrected chi connectivity index (χ2v) is 8.14. The van der Waals surface area contributed by atoms with E-state index in [9.17, 15) is 9.59 Å². The van der Waals surface area contributed by atoms with Crippen molar-refractivity contribution in [3.63, 3.8) is 0 Å². The number of carbonyl (C=O) groups is 2. The predicted octanol–water partition coefficient (Wildman–Crippen LogP) is 3.98. The number of H-pyrrole nitrogens is 1. The number of ether oxygens (including phenoxy) is 1. The lowest BCUT2D eigenvalue weighted by Gasteiger charge is -2.41. The number of carbonyl (C=O) groups excluding carboxylic acids is 2. The topological polar surface area (TPSA) is 62.4 Å². The number of aromatic nitrogens is 1. The molecule has 1 aromatic heterocycles. The number of rotatable bonds is 3. The molecule has 1 saturated heterocycles. The van der Waals surface area contributed by atoms with Crippen molar-refractivity contribution in [3.8, 4) is 0 Å². The van der Waals surface area contributed by atoms with E-state index in [1.54, 1.807) is 6.07 Å². The molecule has 0 unspecified atom stereocenters. The molecule has 2 aliphatic rings. The average molecular weight is 368 g/mol. The molecule has 27 heavy (non-hydrogen) atoms. The normalized spacial score (nSPS) is 22.5. The molecule has 5 nitrogen and oxygen atoms in total. The maximum Gasteiger partial charge on any atom is 0.338 e. The van der Waals surface area contributed by atoms with Crippen molar-refractivity contribution in [1.29, 1.82) is 0 Å². The Morgan fingerprint density at radius 1 is 1.15 bits per heavy atom. The third kappa shape index (κ3) is 3.60. The summed E-state index contributed by atoms with van der Waals surface area (Å²) in [5, 5.41) is 1.02. The van der Waals surface area contributed by atoms with Crippen molar-refractivity contribution in [3.05, 3.63) is 35.0 Å². The van der Waals surface area contributed by atoms with Gasteiger partial charge in [0.2, 0.25) is 0 Å². The number of piperidine rings is 1. The molecule has 1 N–H and O–H groups in total. The third-order valence-electron chi connectivity index (χ3n) is 6.51. The first kappa shape index (κ1) is 18.1. The lowest BCUT2D eigenvalue weighted by Crippen LogP contribution is -2.46. The number of aromatic amines is 1. The fourth-order valence-corrected chi connectivity index (χ4v) is 4.72. The van der Waals surface area contributed by atoms with Gasteiger partial charge in [-0.05, 0) is 62.3 Å². The quantitative estimate of drug-likeness (QED) is 0.834. The van der Waals surface area contributed by atoms with Crippen LogP contribution >= 0.6 is 0 Å². The van der Waals surface area contributed by atoms with E-state index in [1.807, 2.05) is 30.9 Å². The molecular weight excluding hydrogens is 340 g/mol. The molecule has 1 aliphatic heterocycles. The van der Waals surface area contributed by atoms with Gasteiger partial charge in [0.15, 0.2) is 6.61 Å². The highest BCUT2D eigenvalue weighted by atomic mass is 16.5. The largest absolute Gasteiger partial charge is 0.452 e. The molecule has 1 saturated carbocycles. The highest BCUT2D eigenvalue weighted by Crippen LogP contribution is 2.36. The van der Waals surface area contributed by atoms with Gasteiger partial charge in [0, 0.05) is 29.7 Å². The highest BCUT2D eigenvalue weighted by molar-refractivity contribution is 5.96. The maximum absolute atomic E-state index is 12.5. The Morgan fingerprint density at radius 3 is 2.74 bits per heavy atom. The van der Waals surface area contributed by atoms with Crippen molar-refractivity contribution in [2.24, 2.45) is 11.8 Å². The van der Waals surface area contributed by atoms with Crippen molar-refractivity contribution >= 4 is 22.8 Å². The Kier molecular flexibility index (Phi) is 4.94. The zero-order valence-corrected chi connectivity index (χ0v) is 16.2. The van der Waals surface area contributed by atoms with Gasteiger partial charge < -0.3 is 14.6 Å². The number of benzene rings is 1. The number of hydrogen-bond donors (Lipinski definition) is 1. The summed E-state index contributed by atoms with van der Waals surface area (Å²) < 4.78 is 5.33. The Morgan fingerprint density at radius 2 is 1.93 bits per heavy atom. The van der Waals surface area contributed by atoms with Crippen LogP contribution in [0.4, 0.5) is 0 Å². The minimum absolute atomic E-state index is 0.0675. The van der Waals surface area contributed by atoms with Crippen LogP contribution in [0, 0.1) is 25.7 Å². The van der Waals surface area contributed by atoms with Crippen LogP contribution in [0.2, 0.25) is 0 Å². The summed E-state index contributed by atoms with van der Waals surface area (Å²) in [5.41, 5.74) is 3.72. The first-order valence-corrected chi connectivity index (χ1v) is 10.1. The molecule has 2 aromatic rings. The van der Waals surface area contributed by atoms with Gasteiger partial charge in [-0.25, -0.2) is 4.79 Å². The van der Waals surface area contributed by atoms with Gasteiger partial charge in [-0.1, -0.05) is 19.3 Å². The van der Waals surface area contributed by atoms with Crippen LogP contribution in [0.3, 0.4) is 0 Å². The Bertz CT molecular complexity index is 870. The van der Waals surface area contributed by atoms with Crippen molar-refractivity contribution in [2.75, 3.05) is 19.7 Å². The molecule has 2 atom stereocenters. The van der Waals surface area contributed by atoms with E-state index >= 15 is 0 Å². The molecular formula is C22H28N2O3. The van der Waals surface area contributed by atoms with E-state index < -0.39 is 5.97 Å². The SMILES string of the molecule is Cc1[nH]c2ccc(C(=O)OCC(=O)N3CC[C@@H]4CCCC[C@@H]4C3)cc2c1C. The van der Waals surface area contributed by atoms with Gasteiger partial charge in [0.1, 0.15) is 0 Å². The summed E-state index contributed by atoms with van der Waals surface area (Å²) in [4.78, 5) is 30.1. The van der Waals surface area contributed by atoms with E-state index in [2.05, 4.69) is 4.98 Å². The Hall–Kier alpha value is -2.30. The summed E-state index contributed by atoms with van der Waals surface area (Å²) >= 11 is 0. The van der Waals surface area contributed by atoms with Crippen LogP contribution in [0.1, 0.15) is 53.7 Å². The van der Waals surface area contributed by atoms with Crippen molar-refractivity contribution in [1.82, 2.24) is 9.88 Å². The van der Waals surface area contributed by atoms with Gasteiger partial charge in [-0.15, -0.1) is 0 Å². The van der Waals surface area contributed by atoms with Crippen LogP contribution in [0.15, 0.2) is 18.2 Å². The number of esters is 1. The first-order chi connectivity index (χ1) is 13.0. The fraction of sp³-hybridized carbons (Fsp3) is 0.545. The molecule has 5 heteroatoms. The molecule has 0 bridgehead atoms. The number of amides is 1. The molecule has 2 fully saturated rings. The molecule has 1 aromatic carbocycles. The second kappa shape index (κ2) is 7.37. The summed E-state index contributed by atoms with van der Waals surface area (Å²) in [7, 11) is 0. The van der Waals surface area contributed by atoms with Gasteiger partial charge in [-0.3, -0.25) is 4.79 Å². The van der Waals surface area contributed by atoms with Crippen LogP contribution in [-0.4, -0.2) is 41.5 Å². The number of hydrogen-bond acceptors (Lipinski definition) is 3. The summed E-state index contributed by atoms with van der Waals surface area (Å²) in [6.45, 7) is 5.50. The minimum atomic E-state index is -0.434. The van der Waals surface area contributed by atoms with Gasteiger partial charge in [0.25, 0.3) is 5.91 Å². The highest BCUT2D eigenvalue weighted by Gasteiger charge is 2.33. The lowest BCUT2D eigenvalue weighted by molar-refractivity contribution is -0.137. The molecule has 144 valence electrons.